The molecule has 1 saturated heterocycles. The van der Waals surface area contributed by atoms with Crippen molar-refractivity contribution in [2.45, 2.75) is 51.8 Å². The van der Waals surface area contributed by atoms with Crippen LogP contribution in [0.3, 0.4) is 0 Å². The Balaban J connectivity index is 1.99. The summed E-state index contributed by atoms with van der Waals surface area (Å²) in [5.41, 5.74) is 2.94. The number of rotatable bonds is 6. The maximum atomic E-state index is 5.70. The highest BCUT2D eigenvalue weighted by Gasteiger charge is 2.29. The van der Waals surface area contributed by atoms with E-state index in [2.05, 4.69) is 28.8 Å². The Morgan fingerprint density at radius 1 is 1.67 bits per heavy atom. The van der Waals surface area contributed by atoms with Crippen molar-refractivity contribution in [3.8, 4) is 0 Å². The highest BCUT2D eigenvalue weighted by Crippen LogP contribution is 2.23. The molecule has 0 aromatic carbocycles. The molecule has 18 heavy (non-hydrogen) atoms. The van der Waals surface area contributed by atoms with E-state index in [1.54, 1.807) is 0 Å². The molecule has 3 unspecified atom stereocenters. The van der Waals surface area contributed by atoms with E-state index >= 15 is 0 Å². The van der Waals surface area contributed by atoms with Gasteiger partial charge < -0.3 is 9.30 Å². The van der Waals surface area contributed by atoms with E-state index < -0.39 is 0 Å². The zero-order chi connectivity index (χ0) is 13.0. The number of imidazole rings is 1. The van der Waals surface area contributed by atoms with Crippen molar-refractivity contribution in [1.29, 1.82) is 0 Å². The fraction of sp³-hybridized carbons (Fsp3) is 0.769. The number of ether oxygens (including phenoxy) is 1. The second-order valence-electron chi connectivity index (χ2n) is 5.15. The summed E-state index contributed by atoms with van der Waals surface area (Å²) in [5, 5.41) is 0. The van der Waals surface area contributed by atoms with E-state index in [-0.39, 0.29) is 6.04 Å². The van der Waals surface area contributed by atoms with Crippen LogP contribution in [0.15, 0.2) is 12.4 Å². The molecule has 2 rings (SSSR count). The lowest BCUT2D eigenvalue weighted by Crippen LogP contribution is -2.43. The van der Waals surface area contributed by atoms with Crippen molar-refractivity contribution >= 4 is 0 Å². The van der Waals surface area contributed by atoms with Crippen LogP contribution in [0.2, 0.25) is 0 Å². The van der Waals surface area contributed by atoms with E-state index in [9.17, 15) is 0 Å². The molecule has 102 valence electrons. The molecule has 5 nitrogen and oxygen atoms in total. The normalized spacial score (nSPS) is 25.5. The minimum atomic E-state index is 0.243. The number of aryl methyl sites for hydroxylation is 1. The average Bonchev–Trinajstić information content (AvgIpc) is 2.96. The van der Waals surface area contributed by atoms with Crippen LogP contribution in [-0.2, 0) is 17.7 Å². The predicted octanol–water partition coefficient (Wildman–Crippen LogP) is 1.09. The lowest BCUT2D eigenvalue weighted by molar-refractivity contribution is 0.116. The van der Waals surface area contributed by atoms with E-state index in [1.165, 1.54) is 0 Å². The number of hydrogen-bond donors (Lipinski definition) is 2. The molecule has 1 aromatic rings. The van der Waals surface area contributed by atoms with Crippen LogP contribution in [0.25, 0.3) is 0 Å². The van der Waals surface area contributed by atoms with Crippen LogP contribution >= 0.6 is 0 Å². The van der Waals surface area contributed by atoms with E-state index in [4.69, 9.17) is 10.6 Å². The van der Waals surface area contributed by atoms with Gasteiger partial charge in [-0.3, -0.25) is 11.3 Å². The number of aromatic nitrogens is 2. The van der Waals surface area contributed by atoms with Gasteiger partial charge in [0.1, 0.15) is 5.82 Å². The molecule has 0 radical (unpaired) electrons. The van der Waals surface area contributed by atoms with Gasteiger partial charge in [0.2, 0.25) is 0 Å². The summed E-state index contributed by atoms with van der Waals surface area (Å²) in [5.74, 6) is 7.29. The Labute approximate surface area is 109 Å². The van der Waals surface area contributed by atoms with Gasteiger partial charge in [-0.2, -0.15) is 0 Å². The minimum Gasteiger partial charge on any atom is -0.378 e. The van der Waals surface area contributed by atoms with Crippen LogP contribution in [0, 0.1) is 5.92 Å². The minimum absolute atomic E-state index is 0.243. The molecule has 0 bridgehead atoms. The monoisotopic (exact) mass is 252 g/mol. The maximum Gasteiger partial charge on any atom is 0.110 e. The van der Waals surface area contributed by atoms with E-state index in [0.29, 0.717) is 12.0 Å². The SMILES string of the molecule is CCCn1ccnc1CC(NN)C1COC(C)C1. The molecular weight excluding hydrogens is 228 g/mol. The third kappa shape index (κ3) is 3.10. The van der Waals surface area contributed by atoms with Gasteiger partial charge in [-0.1, -0.05) is 6.92 Å². The maximum absolute atomic E-state index is 5.70. The second-order valence-corrected chi connectivity index (χ2v) is 5.15. The Bertz CT molecular complexity index is 366. The van der Waals surface area contributed by atoms with Crippen molar-refractivity contribution < 1.29 is 4.74 Å². The largest absolute Gasteiger partial charge is 0.378 e. The van der Waals surface area contributed by atoms with Crippen molar-refractivity contribution in [2.75, 3.05) is 6.61 Å². The number of hydrazine groups is 1. The van der Waals surface area contributed by atoms with Crippen LogP contribution in [0.4, 0.5) is 0 Å². The van der Waals surface area contributed by atoms with Gasteiger partial charge in [0.15, 0.2) is 0 Å². The summed E-state index contributed by atoms with van der Waals surface area (Å²) in [6.45, 7) is 6.11. The second kappa shape index (κ2) is 6.31. The summed E-state index contributed by atoms with van der Waals surface area (Å²) in [4.78, 5) is 4.44. The molecule has 1 aliphatic heterocycles. The van der Waals surface area contributed by atoms with Crippen molar-refractivity contribution in [3.63, 3.8) is 0 Å². The van der Waals surface area contributed by atoms with Crippen molar-refractivity contribution in [1.82, 2.24) is 15.0 Å². The van der Waals surface area contributed by atoms with Crippen LogP contribution < -0.4 is 11.3 Å². The Morgan fingerprint density at radius 2 is 2.50 bits per heavy atom. The molecule has 1 aliphatic rings. The fourth-order valence-corrected chi connectivity index (χ4v) is 2.66. The summed E-state index contributed by atoms with van der Waals surface area (Å²) >= 11 is 0. The first-order valence-electron chi connectivity index (χ1n) is 6.82. The quantitative estimate of drug-likeness (QED) is 0.587. The topological polar surface area (TPSA) is 65.1 Å². The Hall–Kier alpha value is -0.910. The van der Waals surface area contributed by atoms with Gasteiger partial charge >= 0.3 is 0 Å². The summed E-state index contributed by atoms with van der Waals surface area (Å²) < 4.78 is 7.83. The summed E-state index contributed by atoms with van der Waals surface area (Å²) in [6.07, 6.45) is 7.31. The molecule has 0 spiro atoms. The van der Waals surface area contributed by atoms with Gasteiger partial charge in [0.05, 0.1) is 12.7 Å². The Kier molecular flexibility index (Phi) is 4.74. The average molecular weight is 252 g/mol. The molecule has 3 atom stereocenters. The van der Waals surface area contributed by atoms with E-state index in [0.717, 1.165) is 38.2 Å². The summed E-state index contributed by atoms with van der Waals surface area (Å²) in [7, 11) is 0. The third-order valence-corrected chi connectivity index (χ3v) is 3.68. The fourth-order valence-electron chi connectivity index (χ4n) is 2.66. The number of hydrogen-bond acceptors (Lipinski definition) is 4. The zero-order valence-corrected chi connectivity index (χ0v) is 11.3. The zero-order valence-electron chi connectivity index (χ0n) is 11.3. The standard InChI is InChI=1S/C13H24N4O/c1-3-5-17-6-4-15-13(17)8-12(16-14)11-7-10(2)18-9-11/h4,6,10-12,16H,3,5,7-9,14H2,1-2H3. The van der Waals surface area contributed by atoms with Gasteiger partial charge in [0.25, 0.3) is 0 Å². The molecule has 0 saturated carbocycles. The number of nitrogens with zero attached hydrogens (tertiary/aromatic N) is 2. The Morgan fingerprint density at radius 3 is 3.11 bits per heavy atom. The van der Waals surface area contributed by atoms with E-state index in [1.807, 2.05) is 12.4 Å². The van der Waals surface area contributed by atoms with Gasteiger partial charge in [-0.25, -0.2) is 4.98 Å². The number of nitrogens with two attached hydrogens (primary N) is 1. The molecule has 2 heterocycles. The molecule has 1 fully saturated rings. The number of nitrogens with one attached hydrogen (secondary N) is 1. The van der Waals surface area contributed by atoms with Crippen LogP contribution in [0.5, 0.6) is 0 Å². The molecule has 5 heteroatoms. The van der Waals surface area contributed by atoms with Gasteiger partial charge in [0, 0.05) is 37.3 Å². The van der Waals surface area contributed by atoms with Gasteiger partial charge in [-0.15, -0.1) is 0 Å². The van der Waals surface area contributed by atoms with Gasteiger partial charge in [-0.05, 0) is 19.8 Å². The lowest BCUT2D eigenvalue weighted by atomic mass is 9.94. The predicted molar refractivity (Wildman–Crippen MR) is 70.9 cm³/mol. The molecule has 0 aliphatic carbocycles. The third-order valence-electron chi connectivity index (χ3n) is 3.68. The molecular formula is C13H24N4O. The smallest absolute Gasteiger partial charge is 0.110 e. The van der Waals surface area contributed by atoms with Crippen LogP contribution in [-0.4, -0.2) is 28.3 Å². The molecule has 0 amide bonds. The van der Waals surface area contributed by atoms with Crippen molar-refractivity contribution in [2.24, 2.45) is 11.8 Å². The molecule has 1 aromatic heterocycles. The highest BCUT2D eigenvalue weighted by molar-refractivity contribution is 4.97. The lowest BCUT2D eigenvalue weighted by Gasteiger charge is -2.21. The molecule has 3 N–H and O–H groups in total. The van der Waals surface area contributed by atoms with Crippen LogP contribution in [0.1, 0.15) is 32.5 Å². The summed E-state index contributed by atoms with van der Waals surface area (Å²) in [6, 6.07) is 0.243. The first-order valence-corrected chi connectivity index (χ1v) is 6.82. The highest BCUT2D eigenvalue weighted by atomic mass is 16.5. The van der Waals surface area contributed by atoms with Crippen molar-refractivity contribution in [3.05, 3.63) is 18.2 Å². The first kappa shape index (κ1) is 13.5. The first-order chi connectivity index (χ1) is 8.74.